The number of furan rings is 1. The third kappa shape index (κ3) is 5.98. The number of rotatable bonds is 7. The van der Waals surface area contributed by atoms with Crippen molar-refractivity contribution in [3.05, 3.63) is 263 Å². The van der Waals surface area contributed by atoms with Crippen LogP contribution in [0, 0.1) is 0 Å². The van der Waals surface area contributed by atoms with Crippen molar-refractivity contribution in [2.24, 2.45) is 9.98 Å². The Labute approximate surface area is 377 Å². The van der Waals surface area contributed by atoms with Crippen LogP contribution in [-0.2, 0) is 5.41 Å². The van der Waals surface area contributed by atoms with Gasteiger partial charge < -0.3 is 8.98 Å². The van der Waals surface area contributed by atoms with Crippen LogP contribution in [0.1, 0.15) is 52.8 Å². The van der Waals surface area contributed by atoms with E-state index in [2.05, 4.69) is 187 Å². The molecule has 12 rings (SSSR count). The monoisotopic (exact) mass is 833 g/mol. The van der Waals surface area contributed by atoms with E-state index in [4.69, 9.17) is 14.4 Å². The smallest absolute Gasteiger partial charge is 0.160 e. The molecule has 0 spiro atoms. The van der Waals surface area contributed by atoms with Crippen LogP contribution in [0.25, 0.3) is 66.3 Å². The molecule has 0 bridgehead atoms. The number of hydrogen-bond acceptors (Lipinski definition) is 2. The first-order chi connectivity index (χ1) is 32.1. The maximum absolute atomic E-state index is 6.59. The molecule has 1 aliphatic carbocycles. The number of hydrogen-bond donors (Lipinski definition) is 0. The second kappa shape index (κ2) is 15.5. The summed E-state index contributed by atoms with van der Waals surface area (Å²) in [7, 11) is 0. The lowest BCUT2D eigenvalue weighted by molar-refractivity contribution is 0.669. The topological polar surface area (TPSA) is 42.8 Å². The largest absolute Gasteiger partial charge is 0.456 e. The molecule has 0 saturated carbocycles. The summed E-state index contributed by atoms with van der Waals surface area (Å²) in [6.45, 7) is 4.12. The fourth-order valence-corrected chi connectivity index (χ4v) is 10.5. The van der Waals surface area contributed by atoms with Crippen molar-refractivity contribution in [2.75, 3.05) is 0 Å². The lowest BCUT2D eigenvalue weighted by Crippen LogP contribution is -2.29. The molecule has 0 N–H and O–H groups in total. The summed E-state index contributed by atoms with van der Waals surface area (Å²) in [6.07, 6.45) is 2.05. The molecule has 65 heavy (non-hydrogen) atoms. The van der Waals surface area contributed by atoms with Gasteiger partial charge >= 0.3 is 0 Å². The van der Waals surface area contributed by atoms with Crippen molar-refractivity contribution < 1.29 is 4.42 Å². The average molecular weight is 834 g/mol. The number of aromatic nitrogens is 1. The molecule has 11 aromatic rings. The fraction of sp³-hybridized carbons (Fsp3) is 0.0492. The first kappa shape index (κ1) is 38.3. The highest BCUT2D eigenvalue weighted by atomic mass is 16.3. The standard InChI is InChI=1S/C61H43N3O/c1-3-52(41-21-8-4-9-22-41)63-60(42-23-10-5-11-24-42)62-40(2)43-25-20-30-46(39-43)64-53-37-38-55-57(49-32-17-19-34-54(49)65-55)56(53)50-36-35-48-47-31-16-18-33-51(47)61(58(48)59(50)64,44-26-12-6-13-27-44)45-28-14-7-15-29-45/h3-39H,1-2H3/b52-3-,62-40?,63-60?. The Morgan fingerprint density at radius 2 is 1.14 bits per heavy atom. The van der Waals surface area contributed by atoms with E-state index in [0.29, 0.717) is 5.84 Å². The van der Waals surface area contributed by atoms with Gasteiger partial charge in [-0.25, -0.2) is 9.98 Å². The van der Waals surface area contributed by atoms with Gasteiger partial charge in [0.15, 0.2) is 5.84 Å². The maximum Gasteiger partial charge on any atom is 0.160 e. The molecule has 0 radical (unpaired) electrons. The average Bonchev–Trinajstić information content (AvgIpc) is 4.03. The van der Waals surface area contributed by atoms with E-state index in [1.54, 1.807) is 0 Å². The third-order valence-electron chi connectivity index (χ3n) is 13.2. The maximum atomic E-state index is 6.59. The van der Waals surface area contributed by atoms with Gasteiger partial charge in [-0.2, -0.15) is 0 Å². The summed E-state index contributed by atoms with van der Waals surface area (Å²) < 4.78 is 9.10. The molecule has 9 aromatic carbocycles. The van der Waals surface area contributed by atoms with Crippen LogP contribution in [-0.4, -0.2) is 16.1 Å². The molecule has 0 saturated heterocycles. The summed E-state index contributed by atoms with van der Waals surface area (Å²) >= 11 is 0. The van der Waals surface area contributed by atoms with Crippen molar-refractivity contribution in [1.82, 2.24) is 4.57 Å². The van der Waals surface area contributed by atoms with Gasteiger partial charge in [0.05, 0.1) is 22.1 Å². The van der Waals surface area contributed by atoms with Gasteiger partial charge in [0.2, 0.25) is 0 Å². The van der Waals surface area contributed by atoms with Crippen molar-refractivity contribution in [2.45, 2.75) is 19.3 Å². The van der Waals surface area contributed by atoms with E-state index < -0.39 is 5.41 Å². The van der Waals surface area contributed by atoms with Gasteiger partial charge in [-0.15, -0.1) is 0 Å². The zero-order valence-electron chi connectivity index (χ0n) is 36.1. The summed E-state index contributed by atoms with van der Waals surface area (Å²) in [6, 6.07) is 78.1. The van der Waals surface area contributed by atoms with Crippen molar-refractivity contribution in [3.8, 4) is 16.8 Å². The molecule has 308 valence electrons. The molecule has 0 amide bonds. The molecule has 0 aliphatic heterocycles. The molecular formula is C61H43N3O. The molecule has 1 aliphatic rings. The molecule has 0 fully saturated rings. The summed E-state index contributed by atoms with van der Waals surface area (Å²) in [5.74, 6) is 0.655. The summed E-state index contributed by atoms with van der Waals surface area (Å²) in [5.41, 5.74) is 16.6. The van der Waals surface area contributed by atoms with Gasteiger partial charge in [-0.3, -0.25) is 0 Å². The minimum atomic E-state index is -0.628. The van der Waals surface area contributed by atoms with Crippen LogP contribution in [0.2, 0.25) is 0 Å². The Morgan fingerprint density at radius 3 is 1.86 bits per heavy atom. The van der Waals surface area contributed by atoms with Crippen molar-refractivity contribution >= 4 is 61.0 Å². The van der Waals surface area contributed by atoms with E-state index in [1.165, 1.54) is 44.2 Å². The van der Waals surface area contributed by atoms with E-state index in [9.17, 15) is 0 Å². The zero-order valence-corrected chi connectivity index (χ0v) is 36.1. The van der Waals surface area contributed by atoms with E-state index in [1.807, 2.05) is 55.5 Å². The first-order valence-corrected chi connectivity index (χ1v) is 22.3. The highest BCUT2D eigenvalue weighted by Gasteiger charge is 2.48. The van der Waals surface area contributed by atoms with E-state index in [0.717, 1.165) is 66.8 Å². The number of nitrogens with zero attached hydrogens (tertiary/aromatic N) is 3. The van der Waals surface area contributed by atoms with E-state index >= 15 is 0 Å². The molecule has 4 nitrogen and oxygen atoms in total. The fourth-order valence-electron chi connectivity index (χ4n) is 10.5. The molecule has 0 atom stereocenters. The normalized spacial score (nSPS) is 13.8. The van der Waals surface area contributed by atoms with Crippen LogP contribution in [0.15, 0.2) is 239 Å². The zero-order chi connectivity index (χ0) is 43.5. The lowest BCUT2D eigenvalue weighted by Gasteiger charge is -2.34. The SMILES string of the molecule is C/C=C(\N=C(N=C(C)c1cccc(-n2c3ccc4oc5ccccc5c4c3c3ccc4c(c32)C(c2ccccc2)(c2ccccc2)c2ccccc2-4)c1)c1ccccc1)c1ccccc1. The Hall–Kier alpha value is -8.34. The molecule has 4 heteroatoms. The quantitative estimate of drug-likeness (QED) is 0.116. The first-order valence-electron chi connectivity index (χ1n) is 22.3. The third-order valence-corrected chi connectivity index (χ3v) is 13.2. The van der Waals surface area contributed by atoms with Gasteiger partial charge in [-0.05, 0) is 83.1 Å². The number of aliphatic imine (C=N–C) groups is 2. The Morgan fingerprint density at radius 1 is 0.508 bits per heavy atom. The number of amidine groups is 1. The van der Waals surface area contributed by atoms with E-state index in [-0.39, 0.29) is 0 Å². The Kier molecular flexibility index (Phi) is 9.13. The molecule has 0 unspecified atom stereocenters. The van der Waals surface area contributed by atoms with Crippen molar-refractivity contribution in [1.29, 1.82) is 0 Å². The number of para-hydroxylation sites is 1. The minimum absolute atomic E-state index is 0.628. The second-order valence-corrected chi connectivity index (χ2v) is 16.8. The van der Waals surface area contributed by atoms with Crippen LogP contribution < -0.4 is 0 Å². The van der Waals surface area contributed by atoms with Gasteiger partial charge in [0.1, 0.15) is 11.2 Å². The predicted molar refractivity (Wildman–Crippen MR) is 271 cm³/mol. The minimum Gasteiger partial charge on any atom is -0.456 e. The highest BCUT2D eigenvalue weighted by molar-refractivity contribution is 6.28. The Bertz CT molecular complexity index is 3670. The molecule has 2 heterocycles. The number of fused-ring (bicyclic) bond motifs is 11. The highest BCUT2D eigenvalue weighted by Crippen LogP contribution is 2.59. The summed E-state index contributed by atoms with van der Waals surface area (Å²) in [5, 5.41) is 4.58. The lowest BCUT2D eigenvalue weighted by atomic mass is 9.67. The predicted octanol–water partition coefficient (Wildman–Crippen LogP) is 15.4. The van der Waals surface area contributed by atoms with Crippen LogP contribution >= 0.6 is 0 Å². The molecule has 2 aromatic heterocycles. The summed E-state index contributed by atoms with van der Waals surface area (Å²) in [4.78, 5) is 10.5. The molecular weight excluding hydrogens is 791 g/mol. The number of allylic oxidation sites excluding steroid dienone is 1. The van der Waals surface area contributed by atoms with Crippen LogP contribution in [0.4, 0.5) is 0 Å². The van der Waals surface area contributed by atoms with Gasteiger partial charge in [-0.1, -0.05) is 194 Å². The van der Waals surface area contributed by atoms with Crippen LogP contribution in [0.5, 0.6) is 0 Å². The second-order valence-electron chi connectivity index (χ2n) is 16.8. The Balaban J connectivity index is 1.17. The van der Waals surface area contributed by atoms with Gasteiger partial charge in [0.25, 0.3) is 0 Å². The van der Waals surface area contributed by atoms with Crippen molar-refractivity contribution in [3.63, 3.8) is 0 Å². The van der Waals surface area contributed by atoms with Crippen LogP contribution in [0.3, 0.4) is 0 Å². The van der Waals surface area contributed by atoms with Gasteiger partial charge in [0, 0.05) is 44.1 Å². The number of benzene rings is 9.